The van der Waals surface area contributed by atoms with Crippen LogP contribution in [0.15, 0.2) is 91.0 Å². The molecule has 4 rings (SSSR count). The van der Waals surface area contributed by atoms with Crippen molar-refractivity contribution in [2.45, 2.75) is 25.4 Å². The molecular formula is C29H28O4. The molecule has 1 aliphatic rings. The van der Waals surface area contributed by atoms with E-state index in [0.29, 0.717) is 18.4 Å². The molecule has 1 unspecified atom stereocenters. The lowest BCUT2D eigenvalue weighted by Gasteiger charge is -2.16. The number of allylic oxidation sites excluding steroid dienone is 3. The molecule has 3 aromatic carbocycles. The third kappa shape index (κ3) is 5.65. The number of hydrogen-bond acceptors (Lipinski definition) is 4. The number of carbonyl (C=O) groups excluding carboxylic acids is 2. The Hall–Kier alpha value is -3.50. The third-order valence-corrected chi connectivity index (χ3v) is 6.25. The van der Waals surface area contributed by atoms with E-state index in [2.05, 4.69) is 24.3 Å². The zero-order valence-electron chi connectivity index (χ0n) is 18.7. The summed E-state index contributed by atoms with van der Waals surface area (Å²) in [6, 6.07) is 21.7. The summed E-state index contributed by atoms with van der Waals surface area (Å²) in [6.45, 7) is 0. The minimum absolute atomic E-state index is 0.0157. The van der Waals surface area contributed by atoms with Gasteiger partial charge in [0.1, 0.15) is 0 Å². The molecule has 0 aliphatic heterocycles. The number of carbonyl (C=O) groups is 2. The minimum atomic E-state index is -0.609. The fourth-order valence-corrected chi connectivity index (χ4v) is 4.37. The van der Waals surface area contributed by atoms with Crippen LogP contribution in [-0.4, -0.2) is 30.1 Å². The highest BCUT2D eigenvalue weighted by Gasteiger charge is 2.28. The fourth-order valence-electron chi connectivity index (χ4n) is 4.37. The highest BCUT2D eigenvalue weighted by atomic mass is 16.5. The number of aliphatic hydroxyl groups excluding tert-OH is 1. The Kier molecular flexibility index (Phi) is 7.16. The van der Waals surface area contributed by atoms with Gasteiger partial charge in [0, 0.05) is 18.3 Å². The molecule has 0 amide bonds. The van der Waals surface area contributed by atoms with E-state index in [1.807, 2.05) is 42.5 Å². The van der Waals surface area contributed by atoms with Crippen LogP contribution in [0.4, 0.5) is 0 Å². The van der Waals surface area contributed by atoms with Gasteiger partial charge < -0.3 is 9.84 Å². The van der Waals surface area contributed by atoms with Crippen LogP contribution in [0, 0.1) is 11.8 Å². The second-order valence-corrected chi connectivity index (χ2v) is 8.51. The molecule has 3 aromatic rings. The molecule has 0 saturated heterocycles. The van der Waals surface area contributed by atoms with E-state index in [1.165, 1.54) is 12.5 Å². The van der Waals surface area contributed by atoms with Gasteiger partial charge in [-0.1, -0.05) is 72.8 Å². The number of esters is 1. The zero-order valence-corrected chi connectivity index (χ0v) is 18.7. The lowest BCUT2D eigenvalue weighted by Crippen LogP contribution is -2.16. The third-order valence-electron chi connectivity index (χ3n) is 6.25. The SMILES string of the molecule is COC(=O)c1ccc(CC[C@H]2C(=O)C=C[C@@H]2/C=C/C(O)Cc2ccc3ccccc3c2)cc1. The summed E-state index contributed by atoms with van der Waals surface area (Å²) in [5.41, 5.74) is 2.67. The molecule has 33 heavy (non-hydrogen) atoms. The van der Waals surface area contributed by atoms with Crippen LogP contribution in [0.25, 0.3) is 10.8 Å². The Morgan fingerprint density at radius 3 is 2.52 bits per heavy atom. The van der Waals surface area contributed by atoms with Gasteiger partial charge in [0.15, 0.2) is 5.78 Å². The van der Waals surface area contributed by atoms with Crippen molar-refractivity contribution in [3.63, 3.8) is 0 Å². The first-order valence-electron chi connectivity index (χ1n) is 11.3. The highest BCUT2D eigenvalue weighted by Crippen LogP contribution is 2.28. The van der Waals surface area contributed by atoms with E-state index in [0.717, 1.165) is 22.9 Å². The van der Waals surface area contributed by atoms with Gasteiger partial charge in [-0.05, 0) is 52.9 Å². The maximum atomic E-state index is 12.4. The van der Waals surface area contributed by atoms with Crippen molar-refractivity contribution in [2.75, 3.05) is 7.11 Å². The quantitative estimate of drug-likeness (QED) is 0.391. The normalized spacial score (nSPS) is 18.8. The van der Waals surface area contributed by atoms with Crippen LogP contribution in [0.5, 0.6) is 0 Å². The average molecular weight is 441 g/mol. The Bertz CT molecular complexity index is 1190. The molecular weight excluding hydrogens is 412 g/mol. The number of ketones is 1. The van der Waals surface area contributed by atoms with Crippen molar-refractivity contribution in [1.29, 1.82) is 0 Å². The largest absolute Gasteiger partial charge is 0.465 e. The molecule has 0 fully saturated rings. The van der Waals surface area contributed by atoms with E-state index < -0.39 is 6.10 Å². The molecule has 1 N–H and O–H groups in total. The Balaban J connectivity index is 1.34. The van der Waals surface area contributed by atoms with Crippen LogP contribution < -0.4 is 0 Å². The lowest BCUT2D eigenvalue weighted by molar-refractivity contribution is -0.118. The molecule has 0 spiro atoms. The second-order valence-electron chi connectivity index (χ2n) is 8.51. The van der Waals surface area contributed by atoms with Crippen LogP contribution in [0.1, 0.15) is 27.9 Å². The van der Waals surface area contributed by atoms with Gasteiger partial charge in [-0.2, -0.15) is 0 Å². The Morgan fingerprint density at radius 2 is 1.76 bits per heavy atom. The van der Waals surface area contributed by atoms with Crippen LogP contribution in [0.2, 0.25) is 0 Å². The molecule has 0 radical (unpaired) electrons. The number of benzene rings is 3. The molecule has 0 saturated carbocycles. The Morgan fingerprint density at radius 1 is 1.03 bits per heavy atom. The molecule has 168 valence electrons. The maximum Gasteiger partial charge on any atom is 0.337 e. The molecule has 3 atom stereocenters. The first kappa shape index (κ1) is 22.7. The lowest BCUT2D eigenvalue weighted by atomic mass is 9.88. The predicted molar refractivity (Wildman–Crippen MR) is 130 cm³/mol. The van der Waals surface area contributed by atoms with Gasteiger partial charge in [-0.3, -0.25) is 4.79 Å². The number of ether oxygens (including phenoxy) is 1. The van der Waals surface area contributed by atoms with Crippen molar-refractivity contribution >= 4 is 22.5 Å². The standard InChI is InChI=1S/C29H28O4/c1-33-29(32)24-11-6-20(7-12-24)9-16-27-23(14-17-28(27)31)13-15-26(30)19-21-8-10-22-4-2-3-5-25(22)18-21/h2-8,10-15,17-18,23,26-27,30H,9,16,19H2,1H3/b15-13+/t23-,26?,27+/m0/s1. The number of hydrogen-bond donors (Lipinski definition) is 1. The van der Waals surface area contributed by atoms with Crippen LogP contribution >= 0.6 is 0 Å². The summed E-state index contributed by atoms with van der Waals surface area (Å²) < 4.78 is 4.73. The van der Waals surface area contributed by atoms with E-state index in [-0.39, 0.29) is 23.6 Å². The van der Waals surface area contributed by atoms with Crippen molar-refractivity contribution in [3.05, 3.63) is 108 Å². The minimum Gasteiger partial charge on any atom is -0.465 e. The molecule has 0 heterocycles. The molecule has 4 heteroatoms. The van der Waals surface area contributed by atoms with Crippen LogP contribution in [-0.2, 0) is 22.4 Å². The monoisotopic (exact) mass is 440 g/mol. The number of rotatable bonds is 8. The van der Waals surface area contributed by atoms with Crippen molar-refractivity contribution in [3.8, 4) is 0 Å². The van der Waals surface area contributed by atoms with Crippen molar-refractivity contribution < 1.29 is 19.4 Å². The topological polar surface area (TPSA) is 63.6 Å². The first-order valence-corrected chi connectivity index (χ1v) is 11.3. The summed E-state index contributed by atoms with van der Waals surface area (Å²) in [7, 11) is 1.36. The zero-order chi connectivity index (χ0) is 23.2. The summed E-state index contributed by atoms with van der Waals surface area (Å²) in [5.74, 6) is -0.378. The first-order chi connectivity index (χ1) is 16.0. The average Bonchev–Trinajstić information content (AvgIpc) is 3.20. The number of aliphatic hydroxyl groups is 1. The van der Waals surface area contributed by atoms with E-state index in [9.17, 15) is 14.7 Å². The van der Waals surface area contributed by atoms with Gasteiger partial charge in [0.25, 0.3) is 0 Å². The van der Waals surface area contributed by atoms with Gasteiger partial charge >= 0.3 is 5.97 Å². The summed E-state index contributed by atoms with van der Waals surface area (Å²) in [4.78, 5) is 24.0. The molecule has 1 aliphatic carbocycles. The van der Waals surface area contributed by atoms with Gasteiger partial charge in [-0.15, -0.1) is 0 Å². The fraction of sp³-hybridized carbons (Fsp3) is 0.241. The number of methoxy groups -OCH3 is 1. The smallest absolute Gasteiger partial charge is 0.337 e. The van der Waals surface area contributed by atoms with Crippen molar-refractivity contribution in [1.82, 2.24) is 0 Å². The summed E-state index contributed by atoms with van der Waals surface area (Å²) >= 11 is 0. The molecule has 4 nitrogen and oxygen atoms in total. The van der Waals surface area contributed by atoms with Crippen LogP contribution in [0.3, 0.4) is 0 Å². The van der Waals surface area contributed by atoms with E-state index >= 15 is 0 Å². The number of aryl methyl sites for hydroxylation is 1. The van der Waals surface area contributed by atoms with E-state index in [1.54, 1.807) is 24.3 Å². The molecule has 0 aromatic heterocycles. The summed E-state index contributed by atoms with van der Waals surface area (Å²) in [6.07, 6.45) is 8.70. The molecule has 0 bridgehead atoms. The predicted octanol–water partition coefficient (Wildman–Crippen LogP) is 5.09. The van der Waals surface area contributed by atoms with Crippen molar-refractivity contribution in [2.24, 2.45) is 11.8 Å². The number of fused-ring (bicyclic) bond motifs is 1. The van der Waals surface area contributed by atoms with Gasteiger partial charge in [-0.25, -0.2) is 4.79 Å². The maximum absolute atomic E-state index is 12.4. The van der Waals surface area contributed by atoms with Gasteiger partial charge in [0.2, 0.25) is 0 Å². The highest BCUT2D eigenvalue weighted by molar-refractivity contribution is 5.95. The summed E-state index contributed by atoms with van der Waals surface area (Å²) in [5, 5.41) is 12.9. The second kappa shape index (κ2) is 10.4. The Labute approximate surface area is 194 Å². The van der Waals surface area contributed by atoms with E-state index in [4.69, 9.17) is 4.74 Å². The van der Waals surface area contributed by atoms with Gasteiger partial charge in [0.05, 0.1) is 18.8 Å².